The Bertz CT molecular complexity index is 1110. The largest absolute Gasteiger partial charge is 0.492 e. The highest BCUT2D eigenvalue weighted by molar-refractivity contribution is 7.90. The van der Waals surface area contributed by atoms with Crippen LogP contribution in [-0.4, -0.2) is 39.5 Å². The topological polar surface area (TPSA) is 81.7 Å². The maximum Gasteiger partial charge on any atom is 0.227 e. The summed E-state index contributed by atoms with van der Waals surface area (Å²) in [6.45, 7) is 0.297. The number of carbonyl (C=O) groups is 1. The number of sulfone groups is 1. The Hall–Kier alpha value is -3.32. The van der Waals surface area contributed by atoms with Crippen molar-refractivity contribution in [3.8, 4) is 22.6 Å². The van der Waals surface area contributed by atoms with E-state index in [1.54, 1.807) is 24.3 Å². The Labute approximate surface area is 182 Å². The van der Waals surface area contributed by atoms with Crippen molar-refractivity contribution in [3.05, 3.63) is 78.9 Å². The third-order valence-electron chi connectivity index (χ3n) is 4.40. The van der Waals surface area contributed by atoms with E-state index < -0.39 is 9.84 Å². The van der Waals surface area contributed by atoms with E-state index in [0.717, 1.165) is 23.1 Å². The quantitative estimate of drug-likeness (QED) is 0.512. The zero-order valence-electron chi connectivity index (χ0n) is 17.3. The fraction of sp³-hybridized carbons (Fsp3) is 0.208. The minimum atomic E-state index is -3.09. The second-order valence-electron chi connectivity index (χ2n) is 7.01. The van der Waals surface area contributed by atoms with E-state index in [2.05, 4.69) is 5.32 Å². The minimum absolute atomic E-state index is 0.0604. The van der Waals surface area contributed by atoms with E-state index in [0.29, 0.717) is 11.4 Å². The first-order chi connectivity index (χ1) is 14.9. The molecule has 3 aromatic carbocycles. The number of hydrogen-bond donors (Lipinski definition) is 1. The van der Waals surface area contributed by atoms with Crippen molar-refractivity contribution in [1.29, 1.82) is 0 Å². The molecule has 162 valence electrons. The van der Waals surface area contributed by atoms with Crippen LogP contribution in [0.2, 0.25) is 0 Å². The summed E-state index contributed by atoms with van der Waals surface area (Å²) < 4.78 is 33.7. The molecule has 1 N–H and O–H groups in total. The average Bonchev–Trinajstić information content (AvgIpc) is 2.74. The van der Waals surface area contributed by atoms with Crippen molar-refractivity contribution >= 4 is 21.4 Å². The van der Waals surface area contributed by atoms with Crippen molar-refractivity contribution < 1.29 is 22.7 Å². The van der Waals surface area contributed by atoms with E-state index in [4.69, 9.17) is 9.47 Å². The molecule has 0 radical (unpaired) electrons. The summed E-state index contributed by atoms with van der Waals surface area (Å²) in [5.41, 5.74) is 2.60. The molecule has 0 aliphatic heterocycles. The summed E-state index contributed by atoms with van der Waals surface area (Å²) in [6, 6.07) is 24.5. The number of ether oxygens (including phenoxy) is 2. The van der Waals surface area contributed by atoms with Crippen molar-refractivity contribution in [1.82, 2.24) is 0 Å². The normalized spacial score (nSPS) is 11.0. The number of nitrogens with one attached hydrogen (secondary N) is 1. The molecular weight excluding hydrogens is 414 g/mol. The van der Waals surface area contributed by atoms with Gasteiger partial charge in [-0.05, 0) is 23.8 Å². The van der Waals surface area contributed by atoms with Crippen LogP contribution in [0.3, 0.4) is 0 Å². The van der Waals surface area contributed by atoms with Gasteiger partial charge >= 0.3 is 0 Å². The molecule has 1 amide bonds. The Morgan fingerprint density at radius 2 is 1.61 bits per heavy atom. The van der Waals surface area contributed by atoms with Gasteiger partial charge in [0.2, 0.25) is 5.91 Å². The Kier molecular flexibility index (Phi) is 7.67. The third-order valence-corrected chi connectivity index (χ3v) is 5.31. The standard InChI is InChI=1S/C24H25NO5S/c1-31(27,28)17-16-29-21-11-7-10-20(18-21)25-24(26)14-15-30-23-13-6-5-12-22(23)19-8-3-2-4-9-19/h2-13,18H,14-17H2,1H3,(H,25,26). The molecule has 31 heavy (non-hydrogen) atoms. The van der Waals surface area contributed by atoms with E-state index in [1.165, 1.54) is 0 Å². The summed E-state index contributed by atoms with van der Waals surface area (Å²) in [5.74, 6) is 0.966. The molecule has 0 spiro atoms. The number of rotatable bonds is 10. The SMILES string of the molecule is CS(=O)(=O)CCOc1cccc(NC(=O)CCOc2ccccc2-c2ccccc2)c1. The van der Waals surface area contributed by atoms with Gasteiger partial charge in [0.1, 0.15) is 18.1 Å². The maximum absolute atomic E-state index is 12.3. The van der Waals surface area contributed by atoms with Crippen LogP contribution in [0, 0.1) is 0 Å². The number of carbonyl (C=O) groups excluding carboxylic acids is 1. The smallest absolute Gasteiger partial charge is 0.227 e. The first-order valence-electron chi connectivity index (χ1n) is 9.88. The van der Waals surface area contributed by atoms with Gasteiger partial charge in [0.15, 0.2) is 9.84 Å². The van der Waals surface area contributed by atoms with E-state index in [9.17, 15) is 13.2 Å². The number of para-hydroxylation sites is 1. The zero-order chi connectivity index (χ0) is 22.1. The fourth-order valence-electron chi connectivity index (χ4n) is 2.90. The Morgan fingerprint density at radius 1 is 0.871 bits per heavy atom. The second kappa shape index (κ2) is 10.6. The molecule has 0 aliphatic rings. The highest BCUT2D eigenvalue weighted by Crippen LogP contribution is 2.29. The van der Waals surface area contributed by atoms with E-state index in [1.807, 2.05) is 54.6 Å². The summed E-state index contributed by atoms with van der Waals surface area (Å²) >= 11 is 0. The maximum atomic E-state index is 12.3. The predicted octanol–water partition coefficient (Wildman–Crippen LogP) is 4.18. The van der Waals surface area contributed by atoms with Crippen molar-refractivity contribution in [2.45, 2.75) is 6.42 Å². The Morgan fingerprint density at radius 3 is 2.39 bits per heavy atom. The molecule has 6 nitrogen and oxygen atoms in total. The molecule has 3 aromatic rings. The molecule has 0 heterocycles. The molecule has 0 atom stereocenters. The van der Waals surface area contributed by atoms with Gasteiger partial charge < -0.3 is 14.8 Å². The van der Waals surface area contributed by atoms with Gasteiger partial charge in [-0.3, -0.25) is 4.79 Å². The van der Waals surface area contributed by atoms with Crippen LogP contribution in [0.15, 0.2) is 78.9 Å². The van der Waals surface area contributed by atoms with Crippen LogP contribution in [0.5, 0.6) is 11.5 Å². The predicted molar refractivity (Wildman–Crippen MR) is 122 cm³/mol. The second-order valence-corrected chi connectivity index (χ2v) is 9.27. The summed E-state index contributed by atoms with van der Waals surface area (Å²) in [4.78, 5) is 12.3. The van der Waals surface area contributed by atoms with Gasteiger partial charge in [0.05, 0.1) is 18.8 Å². The van der Waals surface area contributed by atoms with Gasteiger partial charge in [-0.2, -0.15) is 0 Å². The monoisotopic (exact) mass is 439 g/mol. The van der Waals surface area contributed by atoms with Gasteiger partial charge in [0.25, 0.3) is 0 Å². The summed E-state index contributed by atoms with van der Waals surface area (Å²) in [6.07, 6.45) is 1.34. The first-order valence-corrected chi connectivity index (χ1v) is 11.9. The molecule has 3 rings (SSSR count). The minimum Gasteiger partial charge on any atom is -0.492 e. The molecule has 0 saturated carbocycles. The molecule has 0 aromatic heterocycles. The molecule has 0 bridgehead atoms. The summed E-state index contributed by atoms with van der Waals surface area (Å²) in [5, 5.41) is 2.80. The molecule has 0 saturated heterocycles. The van der Waals surface area contributed by atoms with Gasteiger partial charge in [-0.15, -0.1) is 0 Å². The lowest BCUT2D eigenvalue weighted by Crippen LogP contribution is -2.15. The van der Waals surface area contributed by atoms with E-state index >= 15 is 0 Å². The van der Waals surface area contributed by atoms with Crippen molar-refractivity contribution in [2.24, 2.45) is 0 Å². The van der Waals surface area contributed by atoms with Gasteiger partial charge in [-0.1, -0.05) is 54.6 Å². The first kappa shape index (κ1) is 22.4. The molecule has 0 aliphatic carbocycles. The van der Waals surface area contributed by atoms with Crippen molar-refractivity contribution in [3.63, 3.8) is 0 Å². The highest BCUT2D eigenvalue weighted by Gasteiger charge is 2.08. The lowest BCUT2D eigenvalue weighted by Gasteiger charge is -2.12. The van der Waals surface area contributed by atoms with Crippen molar-refractivity contribution in [2.75, 3.05) is 30.5 Å². The van der Waals surface area contributed by atoms with Gasteiger partial charge in [-0.25, -0.2) is 8.42 Å². The molecule has 0 fully saturated rings. The highest BCUT2D eigenvalue weighted by atomic mass is 32.2. The lowest BCUT2D eigenvalue weighted by atomic mass is 10.1. The number of anilines is 1. The third kappa shape index (κ3) is 7.46. The van der Waals surface area contributed by atoms with Crippen LogP contribution in [0.25, 0.3) is 11.1 Å². The van der Waals surface area contributed by atoms with Crippen LogP contribution >= 0.6 is 0 Å². The van der Waals surface area contributed by atoms with Crippen LogP contribution in [0.4, 0.5) is 5.69 Å². The number of hydrogen-bond acceptors (Lipinski definition) is 5. The number of amides is 1. The number of benzene rings is 3. The lowest BCUT2D eigenvalue weighted by molar-refractivity contribution is -0.116. The zero-order valence-corrected chi connectivity index (χ0v) is 18.1. The molecular formula is C24H25NO5S. The Balaban J connectivity index is 1.51. The molecule has 0 unspecified atom stereocenters. The van der Waals surface area contributed by atoms with Crippen LogP contribution in [0.1, 0.15) is 6.42 Å². The van der Waals surface area contributed by atoms with Crippen LogP contribution in [-0.2, 0) is 14.6 Å². The summed E-state index contributed by atoms with van der Waals surface area (Å²) in [7, 11) is -3.09. The van der Waals surface area contributed by atoms with Crippen LogP contribution < -0.4 is 14.8 Å². The van der Waals surface area contributed by atoms with Gasteiger partial charge in [0, 0.05) is 23.6 Å². The average molecular weight is 440 g/mol. The van der Waals surface area contributed by atoms with E-state index in [-0.39, 0.29) is 31.3 Å². The fourth-order valence-corrected chi connectivity index (χ4v) is 3.29. The molecule has 7 heteroatoms.